The average molecular weight is 220 g/mol. The summed E-state index contributed by atoms with van der Waals surface area (Å²) >= 11 is 0. The Balaban J connectivity index is 2.09. The van der Waals surface area contributed by atoms with Crippen molar-refractivity contribution < 1.29 is 4.74 Å². The van der Waals surface area contributed by atoms with Crippen molar-refractivity contribution in [1.29, 1.82) is 0 Å². The molecule has 16 heavy (non-hydrogen) atoms. The van der Waals surface area contributed by atoms with Crippen molar-refractivity contribution in [2.75, 3.05) is 36.9 Å². The van der Waals surface area contributed by atoms with Gasteiger partial charge in [-0.15, -0.1) is 0 Å². The van der Waals surface area contributed by atoms with Gasteiger partial charge in [-0.3, -0.25) is 5.10 Å². The van der Waals surface area contributed by atoms with E-state index in [1.165, 1.54) is 0 Å². The lowest BCUT2D eigenvalue weighted by atomic mass is 10.3. The van der Waals surface area contributed by atoms with Gasteiger partial charge in [-0.2, -0.15) is 10.1 Å². The van der Waals surface area contributed by atoms with E-state index >= 15 is 0 Å². The van der Waals surface area contributed by atoms with E-state index < -0.39 is 0 Å². The van der Waals surface area contributed by atoms with Crippen molar-refractivity contribution in [3.05, 3.63) is 6.20 Å². The van der Waals surface area contributed by atoms with Gasteiger partial charge in [0.2, 0.25) is 5.95 Å². The zero-order valence-corrected chi connectivity index (χ0v) is 8.68. The fourth-order valence-corrected chi connectivity index (χ4v) is 1.85. The van der Waals surface area contributed by atoms with Gasteiger partial charge in [-0.1, -0.05) is 0 Å². The predicted molar refractivity (Wildman–Crippen MR) is 59.1 cm³/mol. The SMILES string of the molecule is Nc1nc(N2CCOCC2)c2[nH]ncc2n1. The van der Waals surface area contributed by atoms with E-state index in [-0.39, 0.29) is 5.95 Å². The molecule has 1 saturated heterocycles. The Bertz CT molecular complexity index is 504. The smallest absolute Gasteiger partial charge is 0.222 e. The third-order valence-electron chi connectivity index (χ3n) is 2.61. The predicted octanol–water partition coefficient (Wildman–Crippen LogP) is -0.228. The van der Waals surface area contributed by atoms with Crippen LogP contribution in [0.4, 0.5) is 11.8 Å². The third-order valence-corrected chi connectivity index (χ3v) is 2.61. The first-order valence-corrected chi connectivity index (χ1v) is 5.14. The van der Waals surface area contributed by atoms with Gasteiger partial charge in [0.15, 0.2) is 5.82 Å². The van der Waals surface area contributed by atoms with E-state index in [4.69, 9.17) is 10.5 Å². The number of nitrogen functional groups attached to an aromatic ring is 1. The Labute approximate surface area is 91.6 Å². The van der Waals surface area contributed by atoms with Crippen LogP contribution in [0, 0.1) is 0 Å². The fourth-order valence-electron chi connectivity index (χ4n) is 1.85. The number of hydrogen-bond donors (Lipinski definition) is 2. The minimum absolute atomic E-state index is 0.274. The molecule has 0 spiro atoms. The maximum absolute atomic E-state index is 5.67. The van der Waals surface area contributed by atoms with E-state index in [0.29, 0.717) is 13.2 Å². The van der Waals surface area contributed by atoms with Crippen LogP contribution < -0.4 is 10.6 Å². The summed E-state index contributed by atoms with van der Waals surface area (Å²) in [5.74, 6) is 1.08. The summed E-state index contributed by atoms with van der Waals surface area (Å²) in [5, 5.41) is 6.86. The summed E-state index contributed by atoms with van der Waals surface area (Å²) in [7, 11) is 0. The molecule has 1 aliphatic rings. The molecule has 0 amide bonds. The molecule has 3 rings (SSSR count). The Morgan fingerprint density at radius 1 is 1.31 bits per heavy atom. The summed E-state index contributed by atoms with van der Waals surface area (Å²) in [6.07, 6.45) is 1.65. The van der Waals surface area contributed by atoms with Crippen LogP contribution in [0.2, 0.25) is 0 Å². The average Bonchev–Trinajstić information content (AvgIpc) is 2.77. The fraction of sp³-hybridized carbons (Fsp3) is 0.444. The number of nitrogens with one attached hydrogen (secondary N) is 1. The molecule has 1 fully saturated rings. The Hall–Kier alpha value is -1.89. The molecule has 0 radical (unpaired) electrons. The van der Waals surface area contributed by atoms with Crippen molar-refractivity contribution in [3.63, 3.8) is 0 Å². The molecule has 2 aromatic heterocycles. The Morgan fingerprint density at radius 3 is 2.94 bits per heavy atom. The van der Waals surface area contributed by atoms with Crippen molar-refractivity contribution >= 4 is 22.8 Å². The highest BCUT2D eigenvalue weighted by Gasteiger charge is 2.17. The third kappa shape index (κ3) is 1.45. The van der Waals surface area contributed by atoms with Crippen molar-refractivity contribution in [3.8, 4) is 0 Å². The number of nitrogens with two attached hydrogens (primary N) is 1. The second kappa shape index (κ2) is 3.60. The van der Waals surface area contributed by atoms with E-state index in [0.717, 1.165) is 29.9 Å². The van der Waals surface area contributed by atoms with Gasteiger partial charge in [0, 0.05) is 13.1 Å². The Kier molecular flexibility index (Phi) is 2.10. The summed E-state index contributed by atoms with van der Waals surface area (Å²) in [4.78, 5) is 10.5. The lowest BCUT2D eigenvalue weighted by molar-refractivity contribution is 0.122. The lowest BCUT2D eigenvalue weighted by Crippen LogP contribution is -2.37. The van der Waals surface area contributed by atoms with E-state index in [1.807, 2.05) is 0 Å². The number of aromatic nitrogens is 4. The van der Waals surface area contributed by atoms with Crippen LogP contribution in [0.1, 0.15) is 0 Å². The van der Waals surface area contributed by atoms with Crippen LogP contribution in [0.15, 0.2) is 6.20 Å². The normalized spacial score (nSPS) is 16.9. The summed E-state index contributed by atoms with van der Waals surface area (Å²) in [6.45, 7) is 3.04. The van der Waals surface area contributed by atoms with Gasteiger partial charge in [0.05, 0.1) is 19.4 Å². The number of nitrogens with zero attached hydrogens (tertiary/aromatic N) is 4. The molecule has 7 nitrogen and oxygen atoms in total. The molecular weight excluding hydrogens is 208 g/mol. The molecule has 0 atom stereocenters. The molecule has 0 aliphatic carbocycles. The summed E-state index contributed by atoms with van der Waals surface area (Å²) in [6, 6.07) is 0. The first kappa shape index (κ1) is 9.34. The van der Waals surface area contributed by atoms with Gasteiger partial charge in [0.1, 0.15) is 11.0 Å². The maximum Gasteiger partial charge on any atom is 0.222 e. The zero-order valence-electron chi connectivity index (χ0n) is 8.68. The molecule has 7 heteroatoms. The highest BCUT2D eigenvalue weighted by Crippen LogP contribution is 2.22. The van der Waals surface area contributed by atoms with Crippen LogP contribution in [0.3, 0.4) is 0 Å². The van der Waals surface area contributed by atoms with Crippen molar-refractivity contribution in [2.24, 2.45) is 0 Å². The van der Waals surface area contributed by atoms with E-state index in [1.54, 1.807) is 6.20 Å². The first-order chi connectivity index (χ1) is 7.84. The molecular formula is C9H12N6O. The van der Waals surface area contributed by atoms with E-state index in [2.05, 4.69) is 25.1 Å². The molecule has 0 bridgehead atoms. The van der Waals surface area contributed by atoms with Crippen LogP contribution in [0.25, 0.3) is 11.0 Å². The minimum atomic E-state index is 0.274. The Morgan fingerprint density at radius 2 is 2.12 bits per heavy atom. The van der Waals surface area contributed by atoms with Gasteiger partial charge >= 0.3 is 0 Å². The molecule has 84 valence electrons. The number of aromatic amines is 1. The highest BCUT2D eigenvalue weighted by atomic mass is 16.5. The second-order valence-electron chi connectivity index (χ2n) is 3.64. The van der Waals surface area contributed by atoms with Gasteiger partial charge < -0.3 is 15.4 Å². The number of rotatable bonds is 1. The topological polar surface area (TPSA) is 92.9 Å². The monoisotopic (exact) mass is 220 g/mol. The van der Waals surface area contributed by atoms with Gasteiger partial charge in [0.25, 0.3) is 0 Å². The van der Waals surface area contributed by atoms with Crippen molar-refractivity contribution in [2.45, 2.75) is 0 Å². The molecule has 3 heterocycles. The van der Waals surface area contributed by atoms with Crippen LogP contribution in [0.5, 0.6) is 0 Å². The van der Waals surface area contributed by atoms with Gasteiger partial charge in [-0.05, 0) is 0 Å². The summed E-state index contributed by atoms with van der Waals surface area (Å²) in [5.41, 5.74) is 7.24. The molecule has 0 aromatic carbocycles. The van der Waals surface area contributed by atoms with Crippen molar-refractivity contribution in [1.82, 2.24) is 20.2 Å². The number of anilines is 2. The van der Waals surface area contributed by atoms with Crippen LogP contribution in [-0.2, 0) is 4.74 Å². The standard InChI is InChI=1S/C9H12N6O/c10-9-12-6-5-11-14-7(6)8(13-9)15-1-3-16-4-2-15/h5H,1-4H2,(H,11,14)(H2,10,12,13). The quantitative estimate of drug-likeness (QED) is 0.689. The second-order valence-corrected chi connectivity index (χ2v) is 3.64. The highest BCUT2D eigenvalue weighted by molar-refractivity contribution is 5.86. The van der Waals surface area contributed by atoms with Gasteiger partial charge in [-0.25, -0.2) is 4.98 Å². The lowest BCUT2D eigenvalue weighted by Gasteiger charge is -2.27. The molecule has 3 N–H and O–H groups in total. The largest absolute Gasteiger partial charge is 0.378 e. The molecule has 1 aliphatic heterocycles. The van der Waals surface area contributed by atoms with E-state index in [9.17, 15) is 0 Å². The first-order valence-electron chi connectivity index (χ1n) is 5.14. The van der Waals surface area contributed by atoms with Crippen LogP contribution >= 0.6 is 0 Å². The van der Waals surface area contributed by atoms with Crippen LogP contribution in [-0.4, -0.2) is 46.5 Å². The molecule has 0 saturated carbocycles. The zero-order chi connectivity index (χ0) is 11.0. The summed E-state index contributed by atoms with van der Waals surface area (Å²) < 4.78 is 5.30. The molecule has 2 aromatic rings. The number of fused-ring (bicyclic) bond motifs is 1. The number of H-pyrrole nitrogens is 1. The maximum atomic E-state index is 5.67. The molecule has 0 unspecified atom stereocenters. The number of hydrogen-bond acceptors (Lipinski definition) is 6. The minimum Gasteiger partial charge on any atom is -0.378 e. The number of ether oxygens (including phenoxy) is 1. The number of morpholine rings is 1.